The molecule has 5 nitrogen and oxygen atoms in total. The second-order valence-corrected chi connectivity index (χ2v) is 7.55. The smallest absolute Gasteiger partial charge is 0.151 e. The molecule has 0 aliphatic carbocycles. The molecule has 1 saturated heterocycles. The van der Waals surface area contributed by atoms with Crippen LogP contribution in [0.3, 0.4) is 0 Å². The first-order chi connectivity index (χ1) is 8.87. The Morgan fingerprint density at radius 3 is 2.95 bits per heavy atom. The fourth-order valence-corrected chi connectivity index (χ4v) is 4.16. The highest BCUT2D eigenvalue weighted by Crippen LogP contribution is 2.18. The number of nitrogens with two attached hydrogens (primary N) is 1. The molecule has 7 heteroatoms. The van der Waals surface area contributed by atoms with Crippen molar-refractivity contribution in [2.45, 2.75) is 19.0 Å². The van der Waals surface area contributed by atoms with Gasteiger partial charge in [0.1, 0.15) is 4.99 Å². The van der Waals surface area contributed by atoms with E-state index in [-0.39, 0.29) is 22.5 Å². The average Bonchev–Trinajstić information content (AvgIpc) is 2.70. The molecule has 1 fully saturated rings. The first kappa shape index (κ1) is 14.4. The minimum Gasteiger partial charge on any atom is -0.388 e. The maximum atomic E-state index is 11.5. The maximum absolute atomic E-state index is 11.5. The summed E-state index contributed by atoms with van der Waals surface area (Å²) in [5, 5.41) is 0. The van der Waals surface area contributed by atoms with Gasteiger partial charge in [0.2, 0.25) is 0 Å². The van der Waals surface area contributed by atoms with Gasteiger partial charge in [0.05, 0.1) is 17.2 Å². The van der Waals surface area contributed by atoms with Crippen LogP contribution in [-0.4, -0.2) is 47.9 Å². The Balaban J connectivity index is 2.05. The molecule has 2 N–H and O–H groups in total. The lowest BCUT2D eigenvalue weighted by molar-refractivity contribution is 0.254. The Labute approximate surface area is 118 Å². The predicted octanol–water partition coefficient (Wildman–Crippen LogP) is 0.335. The van der Waals surface area contributed by atoms with Gasteiger partial charge in [-0.3, -0.25) is 9.88 Å². The molecule has 2 rings (SSSR count). The molecule has 1 aromatic rings. The van der Waals surface area contributed by atoms with E-state index >= 15 is 0 Å². The molecular formula is C12H17N3O2S2. The van der Waals surface area contributed by atoms with Crippen LogP contribution in [0.4, 0.5) is 0 Å². The lowest BCUT2D eigenvalue weighted by atomic mass is 10.1. The molecule has 1 atom stereocenters. The third-order valence-corrected chi connectivity index (χ3v) is 5.30. The normalized spacial score (nSPS) is 21.7. The summed E-state index contributed by atoms with van der Waals surface area (Å²) in [6.07, 6.45) is 2.37. The zero-order valence-corrected chi connectivity index (χ0v) is 12.4. The van der Waals surface area contributed by atoms with Crippen molar-refractivity contribution < 1.29 is 8.42 Å². The van der Waals surface area contributed by atoms with Gasteiger partial charge >= 0.3 is 0 Å². The van der Waals surface area contributed by atoms with Gasteiger partial charge in [0.25, 0.3) is 0 Å². The predicted molar refractivity (Wildman–Crippen MR) is 78.7 cm³/mol. The lowest BCUT2D eigenvalue weighted by Crippen LogP contribution is -2.32. The molecule has 0 saturated carbocycles. The van der Waals surface area contributed by atoms with Crippen LogP contribution in [-0.2, 0) is 16.4 Å². The summed E-state index contributed by atoms with van der Waals surface area (Å²) in [5.41, 5.74) is 7.18. The van der Waals surface area contributed by atoms with Gasteiger partial charge in [-0.15, -0.1) is 0 Å². The molecule has 0 bridgehead atoms. The van der Waals surface area contributed by atoms with Crippen LogP contribution < -0.4 is 5.73 Å². The van der Waals surface area contributed by atoms with Crippen molar-refractivity contribution >= 4 is 27.0 Å². The summed E-state index contributed by atoms with van der Waals surface area (Å²) in [6, 6.07) is 3.83. The Bertz CT molecular complexity index is 586. The monoisotopic (exact) mass is 299 g/mol. The van der Waals surface area contributed by atoms with E-state index in [9.17, 15) is 8.42 Å². The van der Waals surface area contributed by atoms with E-state index in [4.69, 9.17) is 18.0 Å². The summed E-state index contributed by atoms with van der Waals surface area (Å²) in [6.45, 7) is 0.665. The van der Waals surface area contributed by atoms with E-state index in [1.807, 2.05) is 19.2 Å². The average molecular weight is 299 g/mol. The van der Waals surface area contributed by atoms with Gasteiger partial charge in [-0.2, -0.15) is 0 Å². The topological polar surface area (TPSA) is 76.3 Å². The van der Waals surface area contributed by atoms with Gasteiger partial charge < -0.3 is 5.73 Å². The Morgan fingerprint density at radius 2 is 2.37 bits per heavy atom. The van der Waals surface area contributed by atoms with Gasteiger partial charge in [-0.25, -0.2) is 8.42 Å². The summed E-state index contributed by atoms with van der Waals surface area (Å²) < 4.78 is 22.9. The van der Waals surface area contributed by atoms with Gasteiger partial charge in [-0.05, 0) is 31.2 Å². The van der Waals surface area contributed by atoms with Crippen LogP contribution in [0.25, 0.3) is 0 Å². The van der Waals surface area contributed by atoms with E-state index in [1.165, 1.54) is 0 Å². The molecule has 0 aromatic carbocycles. The summed E-state index contributed by atoms with van der Waals surface area (Å²) >= 11 is 4.89. The standard InChI is InChI=1S/C12H17N3O2S2/c1-15(10-3-5-19(16,17)8-10)7-9-2-4-14-11(6-9)12(13)18/h2,4,6,10H,3,5,7-8H2,1H3,(H2,13,18). The van der Waals surface area contributed by atoms with Crippen LogP contribution in [0.2, 0.25) is 0 Å². The SMILES string of the molecule is CN(Cc1ccnc(C(N)=S)c1)C1CCS(=O)(=O)C1. The second kappa shape index (κ2) is 5.52. The summed E-state index contributed by atoms with van der Waals surface area (Å²) in [7, 11) is -0.912. The molecule has 2 heterocycles. The summed E-state index contributed by atoms with van der Waals surface area (Å²) in [4.78, 5) is 6.42. The Hall–Kier alpha value is -1.05. The van der Waals surface area contributed by atoms with E-state index < -0.39 is 9.84 Å². The third kappa shape index (κ3) is 3.71. The number of pyridine rings is 1. The van der Waals surface area contributed by atoms with Crippen molar-refractivity contribution in [3.05, 3.63) is 29.6 Å². The van der Waals surface area contributed by atoms with Gasteiger partial charge in [0, 0.05) is 18.8 Å². The first-order valence-corrected chi connectivity index (χ1v) is 8.26. The molecule has 0 amide bonds. The van der Waals surface area contributed by atoms with Gasteiger partial charge in [-0.1, -0.05) is 12.2 Å². The molecule has 1 aliphatic rings. The molecular weight excluding hydrogens is 282 g/mol. The maximum Gasteiger partial charge on any atom is 0.151 e. The fourth-order valence-electron chi connectivity index (χ4n) is 2.25. The number of sulfone groups is 1. The molecule has 0 spiro atoms. The number of aromatic nitrogens is 1. The van der Waals surface area contributed by atoms with E-state index in [1.54, 1.807) is 6.20 Å². The highest BCUT2D eigenvalue weighted by molar-refractivity contribution is 7.91. The molecule has 104 valence electrons. The van der Waals surface area contributed by atoms with E-state index in [0.717, 1.165) is 5.56 Å². The highest BCUT2D eigenvalue weighted by atomic mass is 32.2. The zero-order valence-electron chi connectivity index (χ0n) is 10.7. The molecule has 19 heavy (non-hydrogen) atoms. The molecule has 1 aromatic heterocycles. The lowest BCUT2D eigenvalue weighted by Gasteiger charge is -2.23. The van der Waals surface area contributed by atoms with Crippen LogP contribution in [0.5, 0.6) is 0 Å². The number of hydrogen-bond donors (Lipinski definition) is 1. The van der Waals surface area contributed by atoms with E-state index in [2.05, 4.69) is 9.88 Å². The quantitative estimate of drug-likeness (QED) is 0.808. The molecule has 0 radical (unpaired) electrons. The van der Waals surface area contributed by atoms with Crippen molar-refractivity contribution in [3.8, 4) is 0 Å². The van der Waals surface area contributed by atoms with Crippen LogP contribution in [0.15, 0.2) is 18.3 Å². The first-order valence-electron chi connectivity index (χ1n) is 6.03. The van der Waals surface area contributed by atoms with Crippen LogP contribution >= 0.6 is 12.2 Å². The molecule has 1 unspecified atom stereocenters. The van der Waals surface area contributed by atoms with Crippen molar-refractivity contribution in [1.82, 2.24) is 9.88 Å². The Morgan fingerprint density at radius 1 is 1.63 bits per heavy atom. The van der Waals surface area contributed by atoms with Crippen molar-refractivity contribution in [1.29, 1.82) is 0 Å². The van der Waals surface area contributed by atoms with Crippen molar-refractivity contribution in [3.63, 3.8) is 0 Å². The second-order valence-electron chi connectivity index (χ2n) is 4.89. The highest BCUT2D eigenvalue weighted by Gasteiger charge is 2.30. The Kier molecular flexibility index (Phi) is 4.17. The van der Waals surface area contributed by atoms with Crippen molar-refractivity contribution in [2.24, 2.45) is 5.73 Å². The van der Waals surface area contributed by atoms with Crippen molar-refractivity contribution in [2.75, 3.05) is 18.6 Å². The molecule has 1 aliphatic heterocycles. The van der Waals surface area contributed by atoms with Crippen LogP contribution in [0.1, 0.15) is 17.7 Å². The fraction of sp³-hybridized carbons (Fsp3) is 0.500. The van der Waals surface area contributed by atoms with E-state index in [0.29, 0.717) is 18.7 Å². The number of thiocarbonyl (C=S) groups is 1. The zero-order chi connectivity index (χ0) is 14.0. The minimum absolute atomic E-state index is 0.0893. The number of hydrogen-bond acceptors (Lipinski definition) is 5. The largest absolute Gasteiger partial charge is 0.388 e. The number of nitrogens with zero attached hydrogens (tertiary/aromatic N) is 2. The minimum atomic E-state index is -2.85. The number of rotatable bonds is 4. The van der Waals surface area contributed by atoms with Gasteiger partial charge in [0.15, 0.2) is 9.84 Å². The third-order valence-electron chi connectivity index (χ3n) is 3.34. The van der Waals surface area contributed by atoms with Crippen LogP contribution in [0, 0.1) is 0 Å². The summed E-state index contributed by atoms with van der Waals surface area (Å²) in [5.74, 6) is 0.535.